The molecular weight excluding hydrogens is 288 g/mol. The van der Waals surface area contributed by atoms with E-state index in [-0.39, 0.29) is 12.2 Å². The van der Waals surface area contributed by atoms with E-state index in [9.17, 15) is 19.7 Å². The smallest absolute Gasteiger partial charge is 0.376 e. The fourth-order valence-corrected chi connectivity index (χ4v) is 2.87. The van der Waals surface area contributed by atoms with Gasteiger partial charge in [-0.2, -0.15) is 0 Å². The van der Waals surface area contributed by atoms with Gasteiger partial charge in [0.15, 0.2) is 0 Å². The number of aryl methyl sites for hydroxylation is 1. The molecule has 0 saturated heterocycles. The van der Waals surface area contributed by atoms with E-state index in [2.05, 4.69) is 4.98 Å². The fourth-order valence-electron chi connectivity index (χ4n) is 2.87. The summed E-state index contributed by atoms with van der Waals surface area (Å²) < 4.78 is 5.06. The van der Waals surface area contributed by atoms with Gasteiger partial charge in [-0.15, -0.1) is 0 Å². The number of aromatic nitrogens is 1. The Morgan fingerprint density at radius 1 is 1.41 bits per heavy atom. The molecule has 1 heterocycles. The van der Waals surface area contributed by atoms with Crippen LogP contribution < -0.4 is 10.3 Å². The second kappa shape index (κ2) is 7.20. The van der Waals surface area contributed by atoms with Gasteiger partial charge in [0.1, 0.15) is 0 Å². The van der Waals surface area contributed by atoms with Crippen LogP contribution in [0.1, 0.15) is 50.6 Å². The molecule has 0 amide bonds. The van der Waals surface area contributed by atoms with Crippen LogP contribution in [0.4, 0.5) is 5.69 Å². The Hall–Kier alpha value is -2.18. The monoisotopic (exact) mass is 308 g/mol. The summed E-state index contributed by atoms with van der Waals surface area (Å²) >= 11 is 0. The molecule has 0 aliphatic heterocycles. The lowest BCUT2D eigenvalue weighted by molar-refractivity contribution is -0.387. The fraction of sp³-hybridized carbons (Fsp3) is 0.600. The molecule has 1 saturated carbocycles. The molecule has 0 radical (unpaired) electrons. The molecule has 1 N–H and O–H groups in total. The number of carbonyl (C=O) groups is 1. The first kappa shape index (κ1) is 16.2. The molecule has 1 aromatic heterocycles. The standard InChI is InChI=1S/C15H20N2O5/c1-10-9-12(14(17(20)21)15(19)16-10)22-13(18)8-7-11-5-3-2-4-6-11/h9,11H,2-8H2,1H3,(H,16,19). The lowest BCUT2D eigenvalue weighted by atomic mass is 9.86. The Labute approximate surface area is 127 Å². The van der Waals surface area contributed by atoms with E-state index in [0.717, 1.165) is 19.3 Å². The average molecular weight is 308 g/mol. The molecule has 1 aliphatic rings. The van der Waals surface area contributed by atoms with Gasteiger partial charge in [-0.25, -0.2) is 0 Å². The maximum atomic E-state index is 11.9. The molecule has 0 bridgehead atoms. The second-order valence-electron chi connectivity index (χ2n) is 5.77. The lowest BCUT2D eigenvalue weighted by Gasteiger charge is -2.20. The molecule has 0 spiro atoms. The van der Waals surface area contributed by atoms with Crippen LogP contribution in [0.5, 0.6) is 5.75 Å². The van der Waals surface area contributed by atoms with Gasteiger partial charge in [-0.3, -0.25) is 19.7 Å². The number of hydrogen-bond acceptors (Lipinski definition) is 5. The van der Waals surface area contributed by atoms with Crippen LogP contribution in [0.25, 0.3) is 0 Å². The van der Waals surface area contributed by atoms with Crippen LogP contribution in [-0.4, -0.2) is 15.9 Å². The molecule has 1 fully saturated rings. The molecule has 7 heteroatoms. The molecule has 120 valence electrons. The van der Waals surface area contributed by atoms with E-state index in [1.807, 2.05) is 0 Å². The predicted octanol–water partition coefficient (Wildman–Crippen LogP) is 2.86. The Bertz CT molecular complexity index is 617. The Kier molecular flexibility index (Phi) is 5.30. The zero-order chi connectivity index (χ0) is 16.1. The molecular formula is C15H20N2O5. The normalized spacial score (nSPS) is 15.5. The van der Waals surface area contributed by atoms with Crippen molar-refractivity contribution in [2.45, 2.75) is 51.9 Å². The van der Waals surface area contributed by atoms with Gasteiger partial charge in [-0.05, 0) is 19.3 Å². The highest BCUT2D eigenvalue weighted by Crippen LogP contribution is 2.28. The molecule has 1 aliphatic carbocycles. The third kappa shape index (κ3) is 4.16. The first-order valence-corrected chi connectivity index (χ1v) is 7.56. The number of nitro groups is 1. The van der Waals surface area contributed by atoms with E-state index >= 15 is 0 Å². The number of pyridine rings is 1. The van der Waals surface area contributed by atoms with E-state index < -0.39 is 22.1 Å². The zero-order valence-corrected chi connectivity index (χ0v) is 12.6. The summed E-state index contributed by atoms with van der Waals surface area (Å²) in [5.74, 6) is -0.282. The minimum absolute atomic E-state index is 0.216. The molecule has 7 nitrogen and oxygen atoms in total. The van der Waals surface area contributed by atoms with Gasteiger partial charge in [0.05, 0.1) is 4.92 Å². The highest BCUT2D eigenvalue weighted by atomic mass is 16.6. The van der Waals surface area contributed by atoms with Crippen molar-refractivity contribution < 1.29 is 14.5 Å². The molecule has 2 rings (SSSR count). The number of carbonyl (C=O) groups excluding carboxylic acids is 1. The molecule has 1 aromatic rings. The van der Waals surface area contributed by atoms with E-state index in [0.29, 0.717) is 11.6 Å². The summed E-state index contributed by atoms with van der Waals surface area (Å²) in [5, 5.41) is 10.9. The largest absolute Gasteiger partial charge is 0.419 e. The van der Waals surface area contributed by atoms with Gasteiger partial charge in [0.25, 0.3) is 0 Å². The van der Waals surface area contributed by atoms with Gasteiger partial charge in [0, 0.05) is 18.2 Å². The third-order valence-corrected chi connectivity index (χ3v) is 3.99. The predicted molar refractivity (Wildman–Crippen MR) is 79.9 cm³/mol. The highest BCUT2D eigenvalue weighted by molar-refractivity contribution is 5.73. The average Bonchev–Trinajstić information content (AvgIpc) is 2.45. The van der Waals surface area contributed by atoms with E-state index in [1.165, 1.54) is 25.3 Å². The molecule has 0 aromatic carbocycles. The van der Waals surface area contributed by atoms with Crippen LogP contribution in [0.15, 0.2) is 10.9 Å². The number of rotatable bonds is 5. The maximum absolute atomic E-state index is 11.9. The summed E-state index contributed by atoms with van der Waals surface area (Å²) in [7, 11) is 0. The lowest BCUT2D eigenvalue weighted by Crippen LogP contribution is -2.18. The number of nitrogens with one attached hydrogen (secondary N) is 1. The number of nitrogens with zero attached hydrogens (tertiary/aromatic N) is 1. The SMILES string of the molecule is Cc1cc(OC(=O)CCC2CCCCC2)c([N+](=O)[O-])c(=O)[nH]1. The maximum Gasteiger partial charge on any atom is 0.376 e. The number of aromatic amines is 1. The van der Waals surface area contributed by atoms with Crippen molar-refractivity contribution in [3.8, 4) is 5.75 Å². The van der Waals surface area contributed by atoms with Crippen molar-refractivity contribution in [3.63, 3.8) is 0 Å². The van der Waals surface area contributed by atoms with Crippen LogP contribution >= 0.6 is 0 Å². The quantitative estimate of drug-likeness (QED) is 0.512. The van der Waals surface area contributed by atoms with Crippen molar-refractivity contribution >= 4 is 11.7 Å². The number of ether oxygens (including phenoxy) is 1. The van der Waals surface area contributed by atoms with Crippen molar-refractivity contribution in [1.82, 2.24) is 4.98 Å². The number of hydrogen-bond donors (Lipinski definition) is 1. The highest BCUT2D eigenvalue weighted by Gasteiger charge is 2.24. The van der Waals surface area contributed by atoms with Gasteiger partial charge in [-0.1, -0.05) is 32.1 Å². The van der Waals surface area contributed by atoms with E-state index in [4.69, 9.17) is 4.74 Å². The van der Waals surface area contributed by atoms with Crippen molar-refractivity contribution in [3.05, 3.63) is 32.2 Å². The molecule has 0 atom stereocenters. The summed E-state index contributed by atoms with van der Waals surface area (Å²) in [4.78, 5) is 35.9. The molecule has 22 heavy (non-hydrogen) atoms. The minimum Gasteiger partial charge on any atom is -0.419 e. The number of H-pyrrole nitrogens is 1. The minimum atomic E-state index is -0.861. The van der Waals surface area contributed by atoms with Crippen molar-refractivity contribution in [2.75, 3.05) is 0 Å². The zero-order valence-electron chi connectivity index (χ0n) is 12.6. The van der Waals surface area contributed by atoms with Crippen LogP contribution in [0.3, 0.4) is 0 Å². The topological polar surface area (TPSA) is 102 Å². The number of esters is 1. The van der Waals surface area contributed by atoms with Crippen LogP contribution in [-0.2, 0) is 4.79 Å². The first-order chi connectivity index (χ1) is 10.5. The van der Waals surface area contributed by atoms with Crippen LogP contribution in [0.2, 0.25) is 0 Å². The van der Waals surface area contributed by atoms with Gasteiger partial charge >= 0.3 is 17.2 Å². The van der Waals surface area contributed by atoms with Crippen molar-refractivity contribution in [1.29, 1.82) is 0 Å². The summed E-state index contributed by atoms with van der Waals surface area (Å²) in [6.07, 6.45) is 6.83. The van der Waals surface area contributed by atoms with Crippen LogP contribution in [0, 0.1) is 23.0 Å². The third-order valence-electron chi connectivity index (χ3n) is 3.99. The summed E-state index contributed by atoms with van der Waals surface area (Å²) in [6.45, 7) is 1.57. The summed E-state index contributed by atoms with van der Waals surface area (Å²) in [5.41, 5.74) is -1.18. The Morgan fingerprint density at radius 2 is 2.09 bits per heavy atom. The van der Waals surface area contributed by atoms with E-state index in [1.54, 1.807) is 6.92 Å². The molecule has 0 unspecified atom stereocenters. The summed E-state index contributed by atoms with van der Waals surface area (Å²) in [6, 6.07) is 1.30. The Morgan fingerprint density at radius 3 is 2.73 bits per heavy atom. The first-order valence-electron chi connectivity index (χ1n) is 7.56. The second-order valence-corrected chi connectivity index (χ2v) is 5.77. The van der Waals surface area contributed by atoms with Gasteiger partial charge < -0.3 is 9.72 Å². The Balaban J connectivity index is 2.01. The van der Waals surface area contributed by atoms with Gasteiger partial charge in [0.2, 0.25) is 5.75 Å². The van der Waals surface area contributed by atoms with Crippen molar-refractivity contribution in [2.24, 2.45) is 5.92 Å².